The molecule has 5 heteroatoms. The van der Waals surface area contributed by atoms with Gasteiger partial charge in [-0.05, 0) is 326 Å². The van der Waals surface area contributed by atoms with Gasteiger partial charge in [0.15, 0.2) is 0 Å². The van der Waals surface area contributed by atoms with E-state index in [4.69, 9.17) is 14.5 Å². The molecule has 1 fully saturated rings. The van der Waals surface area contributed by atoms with Gasteiger partial charge >= 0.3 is 11.9 Å². The van der Waals surface area contributed by atoms with Crippen LogP contribution in [0.5, 0.6) is 0 Å². The first-order valence-electron chi connectivity index (χ1n) is 28.9. The van der Waals surface area contributed by atoms with E-state index in [0.717, 1.165) is 31.4 Å². The molecule has 0 bridgehead atoms. The lowest BCUT2D eigenvalue weighted by molar-refractivity contribution is -0.139. The zero-order chi connectivity index (χ0) is 47.6. The summed E-state index contributed by atoms with van der Waals surface area (Å²) in [5, 5.41) is 80.7. The minimum absolute atomic E-state index is 0.00498. The molecule has 1 saturated carbocycles. The number of hydrogen-bond acceptors (Lipinski definition) is 5. The summed E-state index contributed by atoms with van der Waals surface area (Å²) < 4.78 is 12.6. The molecule has 0 unspecified atom stereocenters. The summed E-state index contributed by atoms with van der Waals surface area (Å²) in [6.45, 7) is 0. The second kappa shape index (κ2) is 7.36. The van der Waals surface area contributed by atoms with Crippen molar-refractivity contribution < 1.29 is 19.1 Å². The van der Waals surface area contributed by atoms with Crippen molar-refractivity contribution in [2.75, 3.05) is 14.2 Å². The van der Waals surface area contributed by atoms with E-state index in [1.54, 1.807) is 104 Å². The molecule has 2 spiro atoms. The van der Waals surface area contributed by atoms with Crippen molar-refractivity contribution in [3.05, 3.63) is 33.4 Å². The van der Waals surface area contributed by atoms with Crippen molar-refractivity contribution in [2.45, 2.75) is 49.0 Å². The standard InChI is InChI=1S/C73H17NO4/c1-77-70(75)63-68(71(76)78-2)72-64-55-47-37-27-19-11-9-10-13-17-15(11)23-31-25(17)35-29-21(13)22-14(10)18-16-12(9)20(19)28-34-24(16)32-26(18)36-30(22)40-39(29)49-43(35)53-45(31)51(41(47)33(23)27)57(64)59(53)66-61(49)62-50(40)44(36)54-46(32)52-42(34)48(38(28)37)56(55)65(72)58(52)60(54)67(62)73(66,72)69(63)74-8-6-4-3-5-7-8/h8H,3-7H2,1-2H3. The lowest BCUT2D eigenvalue weighted by Crippen LogP contribution is -2.55. The van der Waals surface area contributed by atoms with E-state index in [-0.39, 0.29) is 6.04 Å². The predicted octanol–water partition coefficient (Wildman–Crippen LogP) is 17.7. The molecule has 34 rings (SSSR count). The Morgan fingerprint density at radius 1 is 0.295 bits per heavy atom. The Morgan fingerprint density at radius 2 is 0.500 bits per heavy atom. The average Bonchev–Trinajstić information content (AvgIpc) is 2.16. The first-order chi connectivity index (χ1) is 38.7. The minimum atomic E-state index is -1.16. The van der Waals surface area contributed by atoms with Crippen molar-refractivity contribution in [3.63, 3.8) is 0 Å². The molecule has 0 saturated heterocycles. The zero-order valence-corrected chi connectivity index (χ0v) is 40.7. The van der Waals surface area contributed by atoms with Crippen LogP contribution in [0.15, 0.2) is 16.1 Å². The van der Waals surface area contributed by atoms with Gasteiger partial charge in [-0.1, -0.05) is 19.3 Å². The fourth-order valence-corrected chi connectivity index (χ4v) is 26.8. The van der Waals surface area contributed by atoms with Gasteiger partial charge in [0.1, 0.15) is 0 Å². The molecule has 0 radical (unpaired) electrons. The van der Waals surface area contributed by atoms with Crippen LogP contribution in [0, 0.1) is 0 Å². The van der Waals surface area contributed by atoms with Crippen LogP contribution in [0.1, 0.15) is 54.4 Å². The Kier molecular flexibility index (Phi) is 2.94. The molecule has 6 aliphatic rings. The number of ether oxygens (including phenoxy) is 2. The highest BCUT2D eigenvalue weighted by Crippen LogP contribution is 2.86. The van der Waals surface area contributed by atoms with Crippen molar-refractivity contribution >= 4 is 309 Å². The summed E-state index contributed by atoms with van der Waals surface area (Å²) in [6, 6.07) is 0.00498. The average molecular weight is 972 g/mol. The summed E-state index contributed by atoms with van der Waals surface area (Å²) in [5.74, 6) is -0.873. The summed E-state index contributed by atoms with van der Waals surface area (Å²) >= 11 is 0. The van der Waals surface area contributed by atoms with Gasteiger partial charge in [0.2, 0.25) is 0 Å². The summed E-state index contributed by atoms with van der Waals surface area (Å²) in [6.07, 6.45) is 5.32. The Labute approximate surface area is 426 Å². The molecule has 338 valence electrons. The minimum Gasteiger partial charge on any atom is -0.466 e. The third kappa shape index (κ3) is 1.74. The molecular formula is C73H17NO4. The number of methoxy groups -OCH3 is 2. The van der Waals surface area contributed by atoms with Crippen LogP contribution >= 0.6 is 0 Å². The smallest absolute Gasteiger partial charge is 0.340 e. The molecule has 0 heterocycles. The van der Waals surface area contributed by atoms with Crippen molar-refractivity contribution in [2.24, 2.45) is 4.99 Å². The van der Waals surface area contributed by atoms with Gasteiger partial charge in [0.05, 0.1) is 47.9 Å². The van der Waals surface area contributed by atoms with Gasteiger partial charge in [-0.15, -0.1) is 0 Å². The Balaban J connectivity index is 1.12. The fraction of sp³-hybridized carbons (Fsp3) is 0.137. The maximum absolute atomic E-state index is 16.5. The lowest BCUT2D eigenvalue weighted by atomic mass is 9.47. The van der Waals surface area contributed by atoms with Gasteiger partial charge in [-0.2, -0.15) is 0 Å². The number of carbonyl (C=O) groups is 2. The largest absolute Gasteiger partial charge is 0.466 e. The SMILES string of the molecule is COC(=O)C1=C(C(=O)OC)C23c4c5c6c7c8c9c(c%10c%11c2c2c4c4c%12c5c5c6c6c8c8c%13c9c9c%10c%10c%11c%11c2c2c4c4c%12c%12c5c5c6c8c6c8c%13c9c9c%10c%10c%11c2c2c4c4c%12c5c6c5c8c9c%10c2c45)C73C1=NC1CCCCC1. The fourth-order valence-electron chi connectivity index (χ4n) is 26.8. The van der Waals surface area contributed by atoms with Crippen LogP contribution in [0.25, 0.3) is 291 Å². The number of carbonyl (C=O) groups excluding carboxylic acids is 2. The molecule has 78 heavy (non-hydrogen) atoms. The molecule has 0 aromatic heterocycles. The van der Waals surface area contributed by atoms with E-state index >= 15 is 9.59 Å². The van der Waals surface area contributed by atoms with Crippen LogP contribution in [0.4, 0.5) is 0 Å². The van der Waals surface area contributed by atoms with E-state index in [0.29, 0.717) is 11.1 Å². The molecule has 28 aromatic rings. The highest BCUT2D eigenvalue weighted by atomic mass is 16.5. The van der Waals surface area contributed by atoms with E-state index in [9.17, 15) is 0 Å². The van der Waals surface area contributed by atoms with Crippen LogP contribution in [0.2, 0.25) is 0 Å². The second-order valence-electron chi connectivity index (χ2n) is 27.8. The van der Waals surface area contributed by atoms with E-state index in [2.05, 4.69) is 0 Å². The summed E-state index contributed by atoms with van der Waals surface area (Å²) in [4.78, 5) is 38.8. The topological polar surface area (TPSA) is 65.0 Å². The van der Waals surface area contributed by atoms with Gasteiger partial charge in [0.25, 0.3) is 0 Å². The van der Waals surface area contributed by atoms with E-state index in [1.807, 2.05) is 0 Å². The first kappa shape index (κ1) is 31.1. The number of hydrogen-bond donors (Lipinski definition) is 0. The molecule has 0 aliphatic heterocycles. The predicted molar refractivity (Wildman–Crippen MR) is 319 cm³/mol. The molecule has 0 N–H and O–H groups in total. The third-order valence-electron chi connectivity index (χ3n) is 27.2. The molecular weight excluding hydrogens is 955 g/mol. The van der Waals surface area contributed by atoms with Gasteiger partial charge in [-0.25, -0.2) is 9.59 Å². The Hall–Kier alpha value is -9.19. The molecule has 0 atom stereocenters. The highest BCUT2D eigenvalue weighted by molar-refractivity contribution is 6.82. The third-order valence-corrected chi connectivity index (χ3v) is 27.2. The van der Waals surface area contributed by atoms with Crippen LogP contribution < -0.4 is 0 Å². The number of esters is 2. The number of benzene rings is 18. The lowest BCUT2D eigenvalue weighted by Gasteiger charge is -2.51. The quantitative estimate of drug-likeness (QED) is 0.131. The molecule has 6 aliphatic carbocycles. The van der Waals surface area contributed by atoms with Gasteiger partial charge < -0.3 is 9.47 Å². The zero-order valence-electron chi connectivity index (χ0n) is 40.7. The number of nitrogens with zero attached hydrogens (tertiary/aromatic N) is 1. The van der Waals surface area contributed by atoms with Crippen LogP contribution in [-0.2, 0) is 29.9 Å². The van der Waals surface area contributed by atoms with E-state index < -0.39 is 22.8 Å². The van der Waals surface area contributed by atoms with Gasteiger partial charge in [0, 0.05) is 0 Å². The highest BCUT2D eigenvalue weighted by Gasteiger charge is 2.78. The van der Waals surface area contributed by atoms with Crippen molar-refractivity contribution in [3.8, 4) is 0 Å². The monoisotopic (exact) mass is 971 g/mol. The maximum Gasteiger partial charge on any atom is 0.340 e. The van der Waals surface area contributed by atoms with Crippen LogP contribution in [0.3, 0.4) is 0 Å². The van der Waals surface area contributed by atoms with E-state index in [1.165, 1.54) is 230 Å². The summed E-state index contributed by atoms with van der Waals surface area (Å²) in [7, 11) is 3.10. The second-order valence-corrected chi connectivity index (χ2v) is 27.8. The molecule has 5 nitrogen and oxygen atoms in total. The molecule has 28 aromatic carbocycles. The van der Waals surface area contributed by atoms with Crippen molar-refractivity contribution in [1.29, 1.82) is 0 Å². The molecule has 0 amide bonds. The van der Waals surface area contributed by atoms with Gasteiger partial charge in [-0.3, -0.25) is 4.99 Å². The number of rotatable bonds is 3. The first-order valence-corrected chi connectivity index (χ1v) is 28.9. The summed E-state index contributed by atoms with van der Waals surface area (Å²) in [5.41, 5.74) is 4.73. The van der Waals surface area contributed by atoms with Crippen molar-refractivity contribution in [1.82, 2.24) is 0 Å². The Bertz CT molecular complexity index is 7510. The number of aliphatic imine (C=N–C) groups is 1. The maximum atomic E-state index is 16.5. The normalized spacial score (nSPS) is 23.4. The van der Waals surface area contributed by atoms with Crippen LogP contribution in [-0.4, -0.2) is 37.9 Å². The Morgan fingerprint density at radius 3 is 0.718 bits per heavy atom.